The van der Waals surface area contributed by atoms with Crippen LogP contribution in [0, 0.1) is 13.8 Å². The lowest BCUT2D eigenvalue weighted by molar-refractivity contribution is 0.384. The van der Waals surface area contributed by atoms with Crippen LogP contribution in [0.4, 0.5) is 5.69 Å². The molecule has 1 aromatic heterocycles. The second-order valence-corrected chi connectivity index (χ2v) is 13.1. The maximum atomic E-state index is 13.3. The Kier molecular flexibility index (Phi) is 5.49. The summed E-state index contributed by atoms with van der Waals surface area (Å²) in [6.45, 7) is 5.79. The van der Waals surface area contributed by atoms with Gasteiger partial charge in [0, 0.05) is 26.2 Å². The van der Waals surface area contributed by atoms with E-state index in [1.54, 1.807) is 16.4 Å². The lowest BCUT2D eigenvalue weighted by atomic mass is 10.1. The molecule has 0 spiro atoms. The fourth-order valence-corrected chi connectivity index (χ4v) is 8.21. The number of sulfonamides is 1. The first-order valence-electron chi connectivity index (χ1n) is 11.2. The van der Waals surface area contributed by atoms with Crippen LogP contribution in [0.1, 0.15) is 23.9 Å². The van der Waals surface area contributed by atoms with Crippen LogP contribution in [-0.4, -0.2) is 68.6 Å². The molecule has 1 unspecified atom stereocenters. The molecule has 5 rings (SSSR count). The topological polar surface area (TPSA) is 92.6 Å². The van der Waals surface area contributed by atoms with E-state index >= 15 is 0 Å². The molecule has 2 aromatic carbocycles. The standard InChI is InChI=1S/C23H28N4O4S2/c1-17-23(18(2)27(24-17)21-9-14-32(28,29)16-21)25-10-12-26(13-11-25)33(30,31)22-8-7-19-5-3-4-6-20(19)15-22/h3-8,15,21H,9-14,16H2,1-2H3. The molecule has 0 aliphatic carbocycles. The highest BCUT2D eigenvalue weighted by Crippen LogP contribution is 2.32. The molecule has 2 saturated heterocycles. The minimum absolute atomic E-state index is 0.128. The van der Waals surface area contributed by atoms with Crippen LogP contribution in [0.25, 0.3) is 10.8 Å². The maximum absolute atomic E-state index is 13.3. The summed E-state index contributed by atoms with van der Waals surface area (Å²) in [5, 5.41) is 6.58. The Hall–Kier alpha value is -2.43. The van der Waals surface area contributed by atoms with Crippen molar-refractivity contribution in [2.45, 2.75) is 31.2 Å². The molecule has 2 aliphatic rings. The largest absolute Gasteiger partial charge is 0.366 e. The number of aryl methyl sites for hydroxylation is 1. The van der Waals surface area contributed by atoms with E-state index in [4.69, 9.17) is 0 Å². The van der Waals surface area contributed by atoms with Crippen molar-refractivity contribution in [1.82, 2.24) is 14.1 Å². The lowest BCUT2D eigenvalue weighted by Crippen LogP contribution is -2.49. The van der Waals surface area contributed by atoms with Gasteiger partial charge >= 0.3 is 0 Å². The van der Waals surface area contributed by atoms with Crippen LogP contribution >= 0.6 is 0 Å². The monoisotopic (exact) mass is 488 g/mol. The van der Waals surface area contributed by atoms with Gasteiger partial charge in [-0.2, -0.15) is 9.40 Å². The van der Waals surface area contributed by atoms with Gasteiger partial charge in [-0.1, -0.05) is 30.3 Å². The van der Waals surface area contributed by atoms with E-state index in [0.29, 0.717) is 37.5 Å². The number of sulfone groups is 1. The minimum Gasteiger partial charge on any atom is -0.366 e. The zero-order chi connectivity index (χ0) is 23.4. The number of rotatable bonds is 4. The molecular formula is C23H28N4O4S2. The quantitative estimate of drug-likeness (QED) is 0.560. The highest BCUT2D eigenvalue weighted by atomic mass is 32.2. The molecule has 2 aliphatic heterocycles. The highest BCUT2D eigenvalue weighted by molar-refractivity contribution is 7.91. The molecule has 0 bridgehead atoms. The Morgan fingerprint density at radius 2 is 1.67 bits per heavy atom. The Balaban J connectivity index is 1.34. The van der Waals surface area contributed by atoms with Crippen molar-refractivity contribution in [2.75, 3.05) is 42.6 Å². The molecule has 0 radical (unpaired) electrons. The van der Waals surface area contributed by atoms with Gasteiger partial charge in [-0.25, -0.2) is 16.8 Å². The van der Waals surface area contributed by atoms with Crippen molar-refractivity contribution in [3.05, 3.63) is 53.9 Å². The summed E-state index contributed by atoms with van der Waals surface area (Å²) >= 11 is 0. The molecule has 176 valence electrons. The van der Waals surface area contributed by atoms with E-state index < -0.39 is 19.9 Å². The summed E-state index contributed by atoms with van der Waals surface area (Å²) in [7, 11) is -6.58. The van der Waals surface area contributed by atoms with Gasteiger partial charge in [-0.3, -0.25) is 4.68 Å². The predicted molar refractivity (Wildman–Crippen MR) is 129 cm³/mol. The lowest BCUT2D eigenvalue weighted by Gasteiger charge is -2.35. The molecule has 33 heavy (non-hydrogen) atoms. The Morgan fingerprint density at radius 1 is 0.970 bits per heavy atom. The Labute approximate surface area is 194 Å². The van der Waals surface area contributed by atoms with Crippen molar-refractivity contribution in [3.8, 4) is 0 Å². The highest BCUT2D eigenvalue weighted by Gasteiger charge is 2.34. The van der Waals surface area contributed by atoms with E-state index in [1.165, 1.54) is 0 Å². The first-order chi connectivity index (χ1) is 15.7. The van der Waals surface area contributed by atoms with Gasteiger partial charge in [0.25, 0.3) is 0 Å². The third-order valence-corrected chi connectivity index (χ3v) is 10.4. The Morgan fingerprint density at radius 3 is 2.33 bits per heavy atom. The van der Waals surface area contributed by atoms with Gasteiger partial charge in [0.05, 0.1) is 39.5 Å². The molecular weight excluding hydrogens is 460 g/mol. The van der Waals surface area contributed by atoms with E-state index in [-0.39, 0.29) is 17.5 Å². The summed E-state index contributed by atoms with van der Waals surface area (Å²) in [6.07, 6.45) is 0.585. The number of anilines is 1. The van der Waals surface area contributed by atoms with Crippen molar-refractivity contribution in [2.24, 2.45) is 0 Å². The van der Waals surface area contributed by atoms with Crippen molar-refractivity contribution in [3.63, 3.8) is 0 Å². The molecule has 0 N–H and O–H groups in total. The van der Waals surface area contributed by atoms with Gasteiger partial charge < -0.3 is 4.90 Å². The minimum atomic E-state index is -3.58. The van der Waals surface area contributed by atoms with Crippen molar-refractivity contribution in [1.29, 1.82) is 0 Å². The number of nitrogens with zero attached hydrogens (tertiary/aromatic N) is 4. The van der Waals surface area contributed by atoms with Crippen molar-refractivity contribution >= 4 is 36.3 Å². The van der Waals surface area contributed by atoms with E-state index in [1.807, 2.05) is 48.9 Å². The SMILES string of the molecule is Cc1nn(C2CCS(=O)(=O)C2)c(C)c1N1CCN(S(=O)(=O)c2ccc3ccccc3c2)CC1. The zero-order valence-electron chi connectivity index (χ0n) is 18.8. The average molecular weight is 489 g/mol. The smallest absolute Gasteiger partial charge is 0.243 e. The summed E-state index contributed by atoms with van der Waals surface area (Å²) in [4.78, 5) is 2.49. The fourth-order valence-electron chi connectivity index (χ4n) is 5.06. The van der Waals surface area contributed by atoms with E-state index in [2.05, 4.69) is 10.00 Å². The van der Waals surface area contributed by atoms with Crippen LogP contribution in [0.3, 0.4) is 0 Å². The fraction of sp³-hybridized carbons (Fsp3) is 0.435. The zero-order valence-corrected chi connectivity index (χ0v) is 20.4. The predicted octanol–water partition coefficient (Wildman–Crippen LogP) is 2.52. The second kappa shape index (κ2) is 8.11. The van der Waals surface area contributed by atoms with Gasteiger partial charge in [0.1, 0.15) is 0 Å². The third kappa shape index (κ3) is 4.04. The van der Waals surface area contributed by atoms with Crippen molar-refractivity contribution < 1.29 is 16.8 Å². The molecule has 3 heterocycles. The number of benzene rings is 2. The summed E-state index contributed by atoms with van der Waals surface area (Å²) in [5.41, 5.74) is 2.78. The van der Waals surface area contributed by atoms with Gasteiger partial charge in [0.2, 0.25) is 10.0 Å². The molecule has 8 nitrogen and oxygen atoms in total. The summed E-state index contributed by atoms with van der Waals surface area (Å²) in [6, 6.07) is 12.9. The molecule has 2 fully saturated rings. The van der Waals surface area contributed by atoms with Crippen LogP contribution < -0.4 is 4.90 Å². The van der Waals surface area contributed by atoms with E-state index in [0.717, 1.165) is 27.8 Å². The molecule has 1 atom stereocenters. The second-order valence-electron chi connectivity index (χ2n) is 8.92. The van der Waals surface area contributed by atoms with Gasteiger partial charge in [-0.05, 0) is 43.2 Å². The molecule has 0 amide bonds. The Bertz CT molecular complexity index is 1420. The van der Waals surface area contributed by atoms with Crippen LogP contribution in [0.2, 0.25) is 0 Å². The number of piperazine rings is 1. The first kappa shape index (κ1) is 22.4. The summed E-state index contributed by atoms with van der Waals surface area (Å²) in [5.74, 6) is 0.336. The number of aromatic nitrogens is 2. The van der Waals surface area contributed by atoms with Gasteiger partial charge in [-0.15, -0.1) is 0 Å². The third-order valence-electron chi connectivity index (χ3n) is 6.75. The van der Waals surface area contributed by atoms with Crippen LogP contribution in [-0.2, 0) is 19.9 Å². The van der Waals surface area contributed by atoms with Crippen LogP contribution in [0.15, 0.2) is 47.4 Å². The number of fused-ring (bicyclic) bond motifs is 1. The summed E-state index contributed by atoms with van der Waals surface area (Å²) < 4.78 is 53.8. The number of hydrogen-bond acceptors (Lipinski definition) is 6. The normalized spacial score (nSPS) is 21.6. The molecule has 0 saturated carbocycles. The molecule has 3 aromatic rings. The van der Waals surface area contributed by atoms with Crippen LogP contribution in [0.5, 0.6) is 0 Å². The molecule has 10 heteroatoms. The first-order valence-corrected chi connectivity index (χ1v) is 14.4. The van der Waals surface area contributed by atoms with E-state index in [9.17, 15) is 16.8 Å². The maximum Gasteiger partial charge on any atom is 0.243 e. The van der Waals surface area contributed by atoms with Gasteiger partial charge in [0.15, 0.2) is 9.84 Å². The number of hydrogen-bond donors (Lipinski definition) is 0. The average Bonchev–Trinajstić information content (AvgIpc) is 3.31.